The zero-order valence-electron chi connectivity index (χ0n) is 12.3. The molecule has 0 aliphatic carbocycles. The molecule has 0 bridgehead atoms. The fourth-order valence-corrected chi connectivity index (χ4v) is 2.33. The molecule has 23 heavy (non-hydrogen) atoms. The molecule has 0 unspecified atom stereocenters. The predicted molar refractivity (Wildman–Crippen MR) is 87.7 cm³/mol. The Morgan fingerprint density at radius 1 is 1.13 bits per heavy atom. The van der Waals surface area contributed by atoms with Crippen LogP contribution in [0.25, 0.3) is 11.6 Å². The summed E-state index contributed by atoms with van der Waals surface area (Å²) in [6.45, 7) is 0. The van der Waals surface area contributed by atoms with Gasteiger partial charge in [0.15, 0.2) is 0 Å². The fraction of sp³-hybridized carbons (Fsp3) is 0.0526. The molecular formula is C19H14FN3. The van der Waals surface area contributed by atoms with Gasteiger partial charge < -0.3 is 4.98 Å². The summed E-state index contributed by atoms with van der Waals surface area (Å²) < 4.78 is 13.1. The largest absolute Gasteiger partial charge is 0.348 e. The van der Waals surface area contributed by atoms with Crippen molar-refractivity contribution >= 4 is 11.6 Å². The van der Waals surface area contributed by atoms with Crippen molar-refractivity contribution in [2.45, 2.75) is 6.42 Å². The van der Waals surface area contributed by atoms with Crippen LogP contribution in [0.2, 0.25) is 0 Å². The molecule has 112 valence electrons. The maximum atomic E-state index is 13.1. The van der Waals surface area contributed by atoms with E-state index in [9.17, 15) is 4.39 Å². The van der Waals surface area contributed by atoms with E-state index < -0.39 is 0 Å². The van der Waals surface area contributed by atoms with Gasteiger partial charge in [-0.3, -0.25) is 0 Å². The van der Waals surface area contributed by atoms with E-state index in [2.05, 4.69) is 16.0 Å². The topological polar surface area (TPSA) is 52.5 Å². The van der Waals surface area contributed by atoms with E-state index >= 15 is 0 Å². The van der Waals surface area contributed by atoms with Gasteiger partial charge in [0.25, 0.3) is 0 Å². The van der Waals surface area contributed by atoms with Crippen LogP contribution in [0.5, 0.6) is 0 Å². The third kappa shape index (κ3) is 3.72. The quantitative estimate of drug-likeness (QED) is 0.734. The molecule has 0 aliphatic heterocycles. The summed E-state index contributed by atoms with van der Waals surface area (Å²) in [5, 5.41) is 8.92. The molecule has 3 nitrogen and oxygen atoms in total. The highest BCUT2D eigenvalue weighted by atomic mass is 19.1. The molecule has 0 amide bonds. The molecule has 0 saturated carbocycles. The van der Waals surface area contributed by atoms with Crippen LogP contribution in [-0.4, -0.2) is 9.97 Å². The van der Waals surface area contributed by atoms with Crippen LogP contribution in [0.15, 0.2) is 60.9 Å². The minimum Gasteiger partial charge on any atom is -0.348 e. The SMILES string of the molecule is N#Cc1ccc(/C(=C\c2ccc(F)cc2)Cc2ncc[nH]2)cc1. The average molecular weight is 303 g/mol. The van der Waals surface area contributed by atoms with Crippen molar-refractivity contribution in [2.75, 3.05) is 0 Å². The number of rotatable bonds is 4. The van der Waals surface area contributed by atoms with Gasteiger partial charge in [0.05, 0.1) is 11.6 Å². The van der Waals surface area contributed by atoms with Crippen molar-refractivity contribution in [3.63, 3.8) is 0 Å². The third-order valence-corrected chi connectivity index (χ3v) is 3.51. The highest BCUT2D eigenvalue weighted by Gasteiger charge is 2.06. The summed E-state index contributed by atoms with van der Waals surface area (Å²) in [4.78, 5) is 7.35. The van der Waals surface area contributed by atoms with Gasteiger partial charge in [-0.15, -0.1) is 0 Å². The maximum Gasteiger partial charge on any atom is 0.123 e. The highest BCUT2D eigenvalue weighted by Crippen LogP contribution is 2.22. The Hall–Kier alpha value is -3.19. The first-order valence-corrected chi connectivity index (χ1v) is 7.19. The Bertz CT molecular complexity index is 839. The van der Waals surface area contributed by atoms with Gasteiger partial charge in [-0.25, -0.2) is 9.37 Å². The number of nitrogens with one attached hydrogen (secondary N) is 1. The van der Waals surface area contributed by atoms with Gasteiger partial charge in [-0.2, -0.15) is 5.26 Å². The first kappa shape index (κ1) is 14.7. The van der Waals surface area contributed by atoms with Crippen molar-refractivity contribution < 1.29 is 4.39 Å². The first-order chi connectivity index (χ1) is 11.2. The normalized spacial score (nSPS) is 11.2. The Balaban J connectivity index is 1.98. The molecule has 0 atom stereocenters. The summed E-state index contributed by atoms with van der Waals surface area (Å²) in [6, 6.07) is 15.9. The van der Waals surface area contributed by atoms with Gasteiger partial charge >= 0.3 is 0 Å². The lowest BCUT2D eigenvalue weighted by Gasteiger charge is -2.07. The smallest absolute Gasteiger partial charge is 0.123 e. The minimum absolute atomic E-state index is 0.256. The number of nitrogens with zero attached hydrogens (tertiary/aromatic N) is 2. The number of imidazole rings is 1. The zero-order valence-corrected chi connectivity index (χ0v) is 12.3. The van der Waals surface area contributed by atoms with Gasteiger partial charge in [0.1, 0.15) is 11.6 Å². The number of halogens is 1. The van der Waals surface area contributed by atoms with E-state index in [0.29, 0.717) is 12.0 Å². The van der Waals surface area contributed by atoms with Crippen molar-refractivity contribution in [1.82, 2.24) is 9.97 Å². The lowest BCUT2D eigenvalue weighted by molar-refractivity contribution is 0.628. The lowest BCUT2D eigenvalue weighted by Crippen LogP contribution is -1.94. The van der Waals surface area contributed by atoms with Crippen molar-refractivity contribution in [2.24, 2.45) is 0 Å². The highest BCUT2D eigenvalue weighted by molar-refractivity contribution is 5.82. The Labute approximate surface area is 133 Å². The number of allylic oxidation sites excluding steroid dienone is 1. The van der Waals surface area contributed by atoms with Gasteiger partial charge in [-0.1, -0.05) is 30.3 Å². The fourth-order valence-electron chi connectivity index (χ4n) is 2.33. The molecule has 0 spiro atoms. The van der Waals surface area contributed by atoms with Crippen LogP contribution < -0.4 is 0 Å². The standard InChI is InChI=1S/C19H14FN3/c20-18-7-3-14(4-8-18)11-17(12-19-22-9-10-23-19)16-5-1-15(13-21)2-6-16/h1-11H,12H2,(H,22,23)/b17-11-. The van der Waals surface area contributed by atoms with Gasteiger partial charge in [-0.05, 0) is 41.0 Å². The molecule has 0 aliphatic rings. The van der Waals surface area contributed by atoms with Crippen molar-refractivity contribution in [3.8, 4) is 6.07 Å². The van der Waals surface area contributed by atoms with Crippen LogP contribution in [0.4, 0.5) is 4.39 Å². The Kier molecular flexibility index (Phi) is 4.30. The number of hydrogen-bond donors (Lipinski definition) is 1. The molecule has 0 fully saturated rings. The molecule has 1 N–H and O–H groups in total. The van der Waals surface area contributed by atoms with E-state index in [4.69, 9.17) is 5.26 Å². The summed E-state index contributed by atoms with van der Waals surface area (Å²) in [7, 11) is 0. The van der Waals surface area contributed by atoms with Crippen LogP contribution >= 0.6 is 0 Å². The molecule has 0 saturated heterocycles. The molecule has 0 radical (unpaired) electrons. The van der Waals surface area contributed by atoms with Crippen molar-refractivity contribution in [3.05, 3.63) is 89.3 Å². The zero-order chi connectivity index (χ0) is 16.1. The number of aromatic amines is 1. The minimum atomic E-state index is -0.256. The van der Waals surface area contributed by atoms with Crippen LogP contribution in [-0.2, 0) is 6.42 Å². The first-order valence-electron chi connectivity index (χ1n) is 7.19. The van der Waals surface area contributed by atoms with Crippen LogP contribution in [0.3, 0.4) is 0 Å². The van der Waals surface area contributed by atoms with E-state index in [1.54, 1.807) is 36.7 Å². The number of nitriles is 1. The van der Waals surface area contributed by atoms with Gasteiger partial charge in [0, 0.05) is 18.8 Å². The van der Waals surface area contributed by atoms with Crippen molar-refractivity contribution in [1.29, 1.82) is 5.26 Å². The van der Waals surface area contributed by atoms with Crippen LogP contribution in [0, 0.1) is 17.1 Å². The summed E-state index contributed by atoms with van der Waals surface area (Å²) >= 11 is 0. The van der Waals surface area contributed by atoms with E-state index in [0.717, 1.165) is 22.5 Å². The second-order valence-electron chi connectivity index (χ2n) is 5.12. The number of benzene rings is 2. The predicted octanol–water partition coefficient (Wildman–Crippen LogP) is 4.20. The summed E-state index contributed by atoms with van der Waals surface area (Å²) in [5.74, 6) is 0.593. The second kappa shape index (κ2) is 6.71. The van der Waals surface area contributed by atoms with E-state index in [-0.39, 0.29) is 5.82 Å². The van der Waals surface area contributed by atoms with Gasteiger partial charge in [0.2, 0.25) is 0 Å². The molecular weight excluding hydrogens is 289 g/mol. The summed E-state index contributed by atoms with van der Waals surface area (Å²) in [6.07, 6.45) is 6.12. The summed E-state index contributed by atoms with van der Waals surface area (Å²) in [5.41, 5.74) is 3.57. The Morgan fingerprint density at radius 2 is 1.87 bits per heavy atom. The Morgan fingerprint density at radius 3 is 2.48 bits per heavy atom. The molecule has 3 aromatic rings. The number of aromatic nitrogens is 2. The third-order valence-electron chi connectivity index (χ3n) is 3.51. The maximum absolute atomic E-state index is 13.1. The van der Waals surface area contributed by atoms with E-state index in [1.807, 2.05) is 18.2 Å². The molecule has 3 rings (SSSR count). The molecule has 2 aromatic carbocycles. The van der Waals surface area contributed by atoms with Crippen LogP contribution in [0.1, 0.15) is 22.5 Å². The molecule has 4 heteroatoms. The number of H-pyrrole nitrogens is 1. The lowest BCUT2D eigenvalue weighted by atomic mass is 9.98. The molecule has 1 heterocycles. The second-order valence-corrected chi connectivity index (χ2v) is 5.12. The monoisotopic (exact) mass is 303 g/mol. The molecule has 1 aromatic heterocycles. The van der Waals surface area contributed by atoms with E-state index in [1.165, 1.54) is 12.1 Å². The number of hydrogen-bond acceptors (Lipinski definition) is 2. The average Bonchev–Trinajstić information content (AvgIpc) is 3.09.